The van der Waals surface area contributed by atoms with E-state index in [4.69, 9.17) is 0 Å². The molecule has 0 aliphatic rings. The number of thiophene rings is 1. The molecule has 3 aromatic rings. The normalized spacial score (nSPS) is 10.7. The number of amides is 1. The van der Waals surface area contributed by atoms with Crippen LogP contribution in [0.2, 0.25) is 0 Å². The molecular formula is C18H19N3OS. The number of anilines is 1. The highest BCUT2D eigenvalue weighted by molar-refractivity contribution is 7.14. The zero-order valence-electron chi connectivity index (χ0n) is 13.2. The molecule has 4 nitrogen and oxygen atoms in total. The standard InChI is InChI=1S/C18H19N3OS/c1-3-15-13(2)11-16(23-15)17(22)20-18-19-9-10-21(18)12-14-7-5-4-6-8-14/h4-11H,3,12H2,1-2H3,(H,19,20,22). The lowest BCUT2D eigenvalue weighted by Gasteiger charge is -2.08. The fourth-order valence-corrected chi connectivity index (χ4v) is 3.50. The van der Waals surface area contributed by atoms with Crippen molar-refractivity contribution in [3.8, 4) is 0 Å². The average Bonchev–Trinajstić information content (AvgIpc) is 3.15. The van der Waals surface area contributed by atoms with Crippen molar-refractivity contribution in [1.82, 2.24) is 9.55 Å². The van der Waals surface area contributed by atoms with Gasteiger partial charge in [0.1, 0.15) is 0 Å². The van der Waals surface area contributed by atoms with E-state index in [0.717, 1.165) is 11.3 Å². The van der Waals surface area contributed by atoms with Gasteiger partial charge in [-0.15, -0.1) is 11.3 Å². The number of aryl methyl sites for hydroxylation is 2. The SMILES string of the molecule is CCc1sc(C(=O)Nc2nccn2Cc2ccccc2)cc1C. The van der Waals surface area contributed by atoms with Gasteiger partial charge in [0, 0.05) is 17.3 Å². The van der Waals surface area contributed by atoms with Crippen LogP contribution >= 0.6 is 11.3 Å². The van der Waals surface area contributed by atoms with E-state index >= 15 is 0 Å². The average molecular weight is 325 g/mol. The smallest absolute Gasteiger partial charge is 0.268 e. The van der Waals surface area contributed by atoms with Crippen molar-refractivity contribution in [1.29, 1.82) is 0 Å². The zero-order valence-corrected chi connectivity index (χ0v) is 14.1. The van der Waals surface area contributed by atoms with Crippen molar-refractivity contribution in [2.75, 3.05) is 5.32 Å². The monoisotopic (exact) mass is 325 g/mol. The van der Waals surface area contributed by atoms with Crippen LogP contribution in [0.5, 0.6) is 0 Å². The molecular weight excluding hydrogens is 306 g/mol. The molecule has 118 valence electrons. The van der Waals surface area contributed by atoms with E-state index in [0.29, 0.717) is 12.5 Å². The number of carbonyl (C=O) groups is 1. The van der Waals surface area contributed by atoms with Crippen molar-refractivity contribution in [3.63, 3.8) is 0 Å². The van der Waals surface area contributed by atoms with E-state index in [1.807, 2.05) is 42.0 Å². The highest BCUT2D eigenvalue weighted by atomic mass is 32.1. The number of carbonyl (C=O) groups excluding carboxylic acids is 1. The molecule has 23 heavy (non-hydrogen) atoms. The number of benzene rings is 1. The maximum atomic E-state index is 12.4. The maximum absolute atomic E-state index is 12.4. The van der Waals surface area contributed by atoms with Crippen molar-refractivity contribution in [2.24, 2.45) is 0 Å². The van der Waals surface area contributed by atoms with E-state index in [2.05, 4.69) is 29.4 Å². The fraction of sp³-hybridized carbons (Fsp3) is 0.222. The molecule has 0 fully saturated rings. The lowest BCUT2D eigenvalue weighted by Crippen LogP contribution is -2.15. The van der Waals surface area contributed by atoms with Crippen molar-refractivity contribution in [2.45, 2.75) is 26.8 Å². The molecule has 5 heteroatoms. The summed E-state index contributed by atoms with van der Waals surface area (Å²) in [5.74, 6) is 0.473. The number of aromatic nitrogens is 2. The van der Waals surface area contributed by atoms with Crippen LogP contribution in [0.1, 0.15) is 32.6 Å². The third kappa shape index (κ3) is 3.51. The summed E-state index contributed by atoms with van der Waals surface area (Å²) in [6.07, 6.45) is 4.53. The van der Waals surface area contributed by atoms with E-state index in [9.17, 15) is 4.79 Å². The van der Waals surface area contributed by atoms with Gasteiger partial charge >= 0.3 is 0 Å². The van der Waals surface area contributed by atoms with Crippen LogP contribution in [-0.4, -0.2) is 15.5 Å². The second kappa shape index (κ2) is 6.79. The van der Waals surface area contributed by atoms with Gasteiger partial charge in [0.25, 0.3) is 5.91 Å². The van der Waals surface area contributed by atoms with E-state index in [1.165, 1.54) is 16.0 Å². The first-order chi connectivity index (χ1) is 11.2. The quantitative estimate of drug-likeness (QED) is 0.767. The summed E-state index contributed by atoms with van der Waals surface area (Å²) in [6, 6.07) is 12.1. The second-order valence-electron chi connectivity index (χ2n) is 5.39. The number of nitrogens with zero attached hydrogens (tertiary/aromatic N) is 2. The number of rotatable bonds is 5. The predicted molar refractivity (Wildman–Crippen MR) is 94.2 cm³/mol. The summed E-state index contributed by atoms with van der Waals surface area (Å²) in [6.45, 7) is 4.83. The van der Waals surface area contributed by atoms with Crippen LogP contribution in [0.15, 0.2) is 48.8 Å². The molecule has 0 spiro atoms. The van der Waals surface area contributed by atoms with E-state index < -0.39 is 0 Å². The van der Waals surface area contributed by atoms with Gasteiger partial charge in [-0.05, 0) is 30.5 Å². The summed E-state index contributed by atoms with van der Waals surface area (Å²) in [5.41, 5.74) is 2.34. The molecule has 0 aliphatic carbocycles. The van der Waals surface area contributed by atoms with Gasteiger partial charge in [0.2, 0.25) is 5.95 Å². The van der Waals surface area contributed by atoms with Gasteiger partial charge in [-0.2, -0.15) is 0 Å². The molecule has 1 amide bonds. The molecule has 0 saturated carbocycles. The molecule has 0 aliphatic heterocycles. The van der Waals surface area contributed by atoms with Crippen LogP contribution in [-0.2, 0) is 13.0 Å². The molecule has 0 saturated heterocycles. The first kappa shape index (κ1) is 15.5. The minimum absolute atomic E-state index is 0.0988. The number of hydrogen-bond acceptors (Lipinski definition) is 3. The lowest BCUT2D eigenvalue weighted by atomic mass is 10.2. The molecule has 1 aromatic carbocycles. The fourth-order valence-electron chi connectivity index (χ4n) is 2.49. The Kier molecular flexibility index (Phi) is 4.57. The van der Waals surface area contributed by atoms with Gasteiger partial charge in [-0.3, -0.25) is 10.1 Å². The van der Waals surface area contributed by atoms with Crippen molar-refractivity contribution in [3.05, 3.63) is 69.7 Å². The molecule has 0 radical (unpaired) electrons. The van der Waals surface area contributed by atoms with E-state index in [1.54, 1.807) is 17.5 Å². The minimum atomic E-state index is -0.0988. The molecule has 0 bridgehead atoms. The summed E-state index contributed by atoms with van der Waals surface area (Å²) in [7, 11) is 0. The summed E-state index contributed by atoms with van der Waals surface area (Å²) >= 11 is 1.55. The third-order valence-electron chi connectivity index (χ3n) is 3.70. The van der Waals surface area contributed by atoms with Gasteiger partial charge in [0.05, 0.1) is 11.4 Å². The Morgan fingerprint density at radius 1 is 1.30 bits per heavy atom. The number of imidazole rings is 1. The number of hydrogen-bond donors (Lipinski definition) is 1. The third-order valence-corrected chi connectivity index (χ3v) is 5.08. The molecule has 1 N–H and O–H groups in total. The second-order valence-corrected chi connectivity index (χ2v) is 6.53. The van der Waals surface area contributed by atoms with Crippen molar-refractivity contribution < 1.29 is 4.79 Å². The first-order valence-electron chi connectivity index (χ1n) is 7.63. The summed E-state index contributed by atoms with van der Waals surface area (Å²) in [5, 5.41) is 2.92. The summed E-state index contributed by atoms with van der Waals surface area (Å²) < 4.78 is 1.94. The molecule has 0 atom stereocenters. The lowest BCUT2D eigenvalue weighted by molar-refractivity contribution is 0.102. The predicted octanol–water partition coefficient (Wildman–Crippen LogP) is 4.12. The first-order valence-corrected chi connectivity index (χ1v) is 8.44. The highest BCUT2D eigenvalue weighted by Gasteiger charge is 2.14. The van der Waals surface area contributed by atoms with Crippen LogP contribution in [0, 0.1) is 6.92 Å². The van der Waals surface area contributed by atoms with Gasteiger partial charge < -0.3 is 4.57 Å². The molecule has 2 aromatic heterocycles. The van der Waals surface area contributed by atoms with Crippen LogP contribution < -0.4 is 5.32 Å². The Morgan fingerprint density at radius 3 is 2.78 bits per heavy atom. The Morgan fingerprint density at radius 2 is 2.09 bits per heavy atom. The summed E-state index contributed by atoms with van der Waals surface area (Å²) in [4.78, 5) is 18.7. The van der Waals surface area contributed by atoms with E-state index in [-0.39, 0.29) is 5.91 Å². The van der Waals surface area contributed by atoms with Crippen LogP contribution in [0.25, 0.3) is 0 Å². The van der Waals surface area contributed by atoms with Crippen molar-refractivity contribution >= 4 is 23.2 Å². The molecule has 2 heterocycles. The topological polar surface area (TPSA) is 46.9 Å². The molecule has 3 rings (SSSR count). The van der Waals surface area contributed by atoms with Gasteiger partial charge in [0.15, 0.2) is 0 Å². The Labute approximate surface area is 139 Å². The van der Waals surface area contributed by atoms with Gasteiger partial charge in [-0.25, -0.2) is 4.98 Å². The Balaban J connectivity index is 1.75. The Bertz CT molecular complexity index is 805. The largest absolute Gasteiger partial charge is 0.313 e. The maximum Gasteiger partial charge on any atom is 0.268 e. The highest BCUT2D eigenvalue weighted by Crippen LogP contribution is 2.23. The van der Waals surface area contributed by atoms with Crippen LogP contribution in [0.3, 0.4) is 0 Å². The minimum Gasteiger partial charge on any atom is -0.313 e. The molecule has 0 unspecified atom stereocenters. The number of nitrogens with one attached hydrogen (secondary N) is 1. The zero-order chi connectivity index (χ0) is 16.2. The van der Waals surface area contributed by atoms with Gasteiger partial charge in [-0.1, -0.05) is 37.3 Å². The Hall–Kier alpha value is -2.40. The van der Waals surface area contributed by atoms with Crippen LogP contribution in [0.4, 0.5) is 5.95 Å².